The second-order valence-electron chi connectivity index (χ2n) is 4.60. The lowest BCUT2D eigenvalue weighted by Crippen LogP contribution is -2.00. The second kappa shape index (κ2) is 7.25. The van der Waals surface area contributed by atoms with Crippen molar-refractivity contribution >= 4 is 0 Å². The molecule has 4 nitrogen and oxygen atoms in total. The molecule has 0 spiro atoms. The summed E-state index contributed by atoms with van der Waals surface area (Å²) < 4.78 is 5.49. The van der Waals surface area contributed by atoms with Gasteiger partial charge in [0, 0.05) is 12.4 Å². The van der Waals surface area contributed by atoms with Gasteiger partial charge < -0.3 is 4.74 Å². The van der Waals surface area contributed by atoms with Gasteiger partial charge in [-0.2, -0.15) is 5.26 Å². The summed E-state index contributed by atoms with van der Waals surface area (Å²) in [6, 6.07) is 8.01. The smallest absolute Gasteiger partial charge is 0.232 e. The van der Waals surface area contributed by atoms with Gasteiger partial charge in [-0.3, -0.25) is 4.98 Å². The van der Waals surface area contributed by atoms with Crippen LogP contribution in [0.5, 0.6) is 5.88 Å². The molecular weight excluding hydrogens is 250 g/mol. The first-order valence-corrected chi connectivity index (χ1v) is 6.68. The second-order valence-corrected chi connectivity index (χ2v) is 4.60. The summed E-state index contributed by atoms with van der Waals surface area (Å²) in [7, 11) is 0. The molecule has 0 saturated heterocycles. The molecule has 1 heterocycles. The van der Waals surface area contributed by atoms with Gasteiger partial charge in [-0.25, -0.2) is 4.98 Å². The van der Waals surface area contributed by atoms with Gasteiger partial charge in [-0.15, -0.1) is 0 Å². The van der Waals surface area contributed by atoms with Crippen LogP contribution in [0, 0.1) is 18.3 Å². The average molecular weight is 267 g/mol. The molecule has 0 atom stereocenters. The Bertz CT molecular complexity index is 590. The molecule has 102 valence electrons. The van der Waals surface area contributed by atoms with E-state index in [1.54, 1.807) is 18.6 Å². The number of hydrogen-bond acceptors (Lipinski definition) is 4. The highest BCUT2D eigenvalue weighted by atomic mass is 16.5. The Kier molecular flexibility index (Phi) is 5.08. The van der Waals surface area contributed by atoms with E-state index in [4.69, 9.17) is 10.00 Å². The molecule has 0 amide bonds. The van der Waals surface area contributed by atoms with Gasteiger partial charge in [0.1, 0.15) is 0 Å². The van der Waals surface area contributed by atoms with E-state index in [-0.39, 0.29) is 0 Å². The van der Waals surface area contributed by atoms with E-state index in [1.165, 1.54) is 11.1 Å². The zero-order valence-corrected chi connectivity index (χ0v) is 11.5. The van der Waals surface area contributed by atoms with Crippen LogP contribution in [0.25, 0.3) is 0 Å². The summed E-state index contributed by atoms with van der Waals surface area (Å²) in [5.74, 6) is 0.565. The molecule has 0 fully saturated rings. The third kappa shape index (κ3) is 4.06. The van der Waals surface area contributed by atoms with E-state index in [1.807, 2.05) is 18.2 Å². The summed E-state index contributed by atoms with van der Waals surface area (Å²) in [5, 5.41) is 8.91. The van der Waals surface area contributed by atoms with Crippen molar-refractivity contribution < 1.29 is 4.74 Å². The molecular formula is C16H17N3O. The van der Waals surface area contributed by atoms with Crippen LogP contribution >= 0.6 is 0 Å². The van der Waals surface area contributed by atoms with Crippen LogP contribution in [0.15, 0.2) is 36.8 Å². The predicted octanol–water partition coefficient (Wildman–Crippen LogP) is 3.06. The van der Waals surface area contributed by atoms with Gasteiger partial charge in [-0.1, -0.05) is 6.07 Å². The summed E-state index contributed by atoms with van der Waals surface area (Å²) in [6.45, 7) is 2.71. The zero-order valence-electron chi connectivity index (χ0n) is 11.5. The topological polar surface area (TPSA) is 58.8 Å². The third-order valence-corrected chi connectivity index (χ3v) is 3.11. The van der Waals surface area contributed by atoms with E-state index < -0.39 is 0 Å². The molecule has 0 saturated carbocycles. The molecule has 0 aliphatic heterocycles. The maximum atomic E-state index is 8.91. The van der Waals surface area contributed by atoms with E-state index in [2.05, 4.69) is 23.0 Å². The molecule has 0 aliphatic carbocycles. The monoisotopic (exact) mass is 267 g/mol. The van der Waals surface area contributed by atoms with Crippen molar-refractivity contribution in [3.63, 3.8) is 0 Å². The molecule has 0 N–H and O–H groups in total. The quantitative estimate of drug-likeness (QED) is 0.755. The molecule has 0 bridgehead atoms. The highest BCUT2D eigenvalue weighted by molar-refractivity contribution is 5.37. The lowest BCUT2D eigenvalue weighted by molar-refractivity contribution is 0.294. The standard InChI is InChI=1S/C16H17N3O/c1-13-5-6-14(11-17)10-15(13)4-2-3-9-20-16-12-18-7-8-19-16/h5-8,10,12H,2-4,9H2,1H3. The van der Waals surface area contributed by atoms with Crippen LogP contribution in [-0.2, 0) is 6.42 Å². The maximum Gasteiger partial charge on any atom is 0.232 e. The van der Waals surface area contributed by atoms with Crippen molar-refractivity contribution in [1.29, 1.82) is 5.26 Å². The van der Waals surface area contributed by atoms with E-state index in [0.717, 1.165) is 24.8 Å². The Morgan fingerprint density at radius 3 is 2.90 bits per heavy atom. The molecule has 0 aliphatic rings. The van der Waals surface area contributed by atoms with Crippen LogP contribution in [-0.4, -0.2) is 16.6 Å². The lowest BCUT2D eigenvalue weighted by atomic mass is 10.0. The highest BCUT2D eigenvalue weighted by Crippen LogP contribution is 2.14. The highest BCUT2D eigenvalue weighted by Gasteiger charge is 2.01. The molecule has 1 aromatic carbocycles. The minimum atomic E-state index is 0.565. The average Bonchev–Trinajstić information content (AvgIpc) is 2.50. The number of rotatable bonds is 6. The maximum absolute atomic E-state index is 8.91. The van der Waals surface area contributed by atoms with Crippen molar-refractivity contribution in [3.8, 4) is 11.9 Å². The van der Waals surface area contributed by atoms with Gasteiger partial charge >= 0.3 is 0 Å². The van der Waals surface area contributed by atoms with Crippen LogP contribution in [0.4, 0.5) is 0 Å². The van der Waals surface area contributed by atoms with Crippen LogP contribution in [0.1, 0.15) is 29.5 Å². The number of aryl methyl sites for hydroxylation is 2. The molecule has 4 heteroatoms. The number of ether oxygens (including phenoxy) is 1. The van der Waals surface area contributed by atoms with Gasteiger partial charge in [0.2, 0.25) is 5.88 Å². The number of benzene rings is 1. The van der Waals surface area contributed by atoms with Crippen molar-refractivity contribution in [2.75, 3.05) is 6.61 Å². The fourth-order valence-electron chi connectivity index (χ4n) is 1.96. The number of aromatic nitrogens is 2. The van der Waals surface area contributed by atoms with E-state index in [0.29, 0.717) is 12.5 Å². The van der Waals surface area contributed by atoms with Crippen molar-refractivity contribution in [2.45, 2.75) is 26.2 Å². The van der Waals surface area contributed by atoms with E-state index in [9.17, 15) is 0 Å². The molecule has 2 rings (SSSR count). The Morgan fingerprint density at radius 1 is 1.25 bits per heavy atom. The number of nitriles is 1. The third-order valence-electron chi connectivity index (χ3n) is 3.11. The Balaban J connectivity index is 1.75. The van der Waals surface area contributed by atoms with Gasteiger partial charge in [-0.05, 0) is 49.4 Å². The molecule has 0 unspecified atom stereocenters. The van der Waals surface area contributed by atoms with Crippen molar-refractivity contribution in [1.82, 2.24) is 9.97 Å². The molecule has 20 heavy (non-hydrogen) atoms. The number of nitrogens with zero attached hydrogens (tertiary/aromatic N) is 3. The summed E-state index contributed by atoms with van der Waals surface area (Å²) >= 11 is 0. The zero-order chi connectivity index (χ0) is 14.2. The Hall–Kier alpha value is -2.41. The number of hydrogen-bond donors (Lipinski definition) is 0. The van der Waals surface area contributed by atoms with Crippen molar-refractivity contribution in [3.05, 3.63) is 53.5 Å². The fraction of sp³-hybridized carbons (Fsp3) is 0.312. The first kappa shape index (κ1) is 14.0. The molecule has 2 aromatic rings. The van der Waals surface area contributed by atoms with Crippen molar-refractivity contribution in [2.24, 2.45) is 0 Å². The minimum absolute atomic E-state index is 0.565. The summed E-state index contributed by atoms with van der Waals surface area (Å²) in [5.41, 5.74) is 3.20. The summed E-state index contributed by atoms with van der Waals surface area (Å²) in [6.07, 6.45) is 7.79. The Morgan fingerprint density at radius 2 is 2.15 bits per heavy atom. The largest absolute Gasteiger partial charge is 0.477 e. The number of unbranched alkanes of at least 4 members (excludes halogenated alkanes) is 1. The minimum Gasteiger partial charge on any atom is -0.477 e. The molecule has 0 radical (unpaired) electrons. The molecule has 1 aromatic heterocycles. The Labute approximate surface area is 119 Å². The normalized spacial score (nSPS) is 10.0. The van der Waals surface area contributed by atoms with Gasteiger partial charge in [0.25, 0.3) is 0 Å². The SMILES string of the molecule is Cc1ccc(C#N)cc1CCCCOc1cnccn1. The van der Waals surface area contributed by atoms with Gasteiger partial charge in [0.05, 0.1) is 24.4 Å². The van der Waals surface area contributed by atoms with Crippen LogP contribution in [0.3, 0.4) is 0 Å². The van der Waals surface area contributed by atoms with Crippen LogP contribution in [0.2, 0.25) is 0 Å². The predicted molar refractivity (Wildman–Crippen MR) is 76.4 cm³/mol. The lowest BCUT2D eigenvalue weighted by Gasteiger charge is -2.07. The van der Waals surface area contributed by atoms with E-state index >= 15 is 0 Å². The fourth-order valence-corrected chi connectivity index (χ4v) is 1.96. The van der Waals surface area contributed by atoms with Gasteiger partial charge in [0.15, 0.2) is 0 Å². The first-order chi connectivity index (χ1) is 9.79. The first-order valence-electron chi connectivity index (χ1n) is 6.68. The van der Waals surface area contributed by atoms with Crippen LogP contribution < -0.4 is 4.74 Å². The summed E-state index contributed by atoms with van der Waals surface area (Å²) in [4.78, 5) is 7.99.